The zero-order valence-electron chi connectivity index (χ0n) is 15.5. The molecular formula is C19H23N5O2. The lowest BCUT2D eigenvalue weighted by Gasteiger charge is -2.12. The number of aldehydes is 1. The molecular weight excluding hydrogens is 330 g/mol. The maximum atomic E-state index is 11.7. The summed E-state index contributed by atoms with van der Waals surface area (Å²) in [5.74, 6) is 1.98. The topological polar surface area (TPSA) is 83.1 Å². The highest BCUT2D eigenvalue weighted by Gasteiger charge is 2.16. The van der Waals surface area contributed by atoms with E-state index in [1.165, 1.54) is 0 Å². The molecule has 0 spiro atoms. The van der Waals surface area contributed by atoms with Crippen LogP contribution in [-0.4, -0.2) is 60.4 Å². The van der Waals surface area contributed by atoms with Crippen molar-refractivity contribution < 1.29 is 9.53 Å². The standard InChI is InChI=1S/C19H23N5O2/c1-12-10-21-19(23-18(12)20-7-8-24(2)3)17-15(11-25)14-6-5-13(26-4)9-16(14)22-17/h5-6,9-11,22H,7-8H2,1-4H3,(H,20,21,23). The summed E-state index contributed by atoms with van der Waals surface area (Å²) in [5, 5.41) is 4.15. The molecule has 0 saturated heterocycles. The van der Waals surface area contributed by atoms with Gasteiger partial charge in [0.2, 0.25) is 0 Å². The van der Waals surface area contributed by atoms with Gasteiger partial charge < -0.3 is 19.9 Å². The first-order valence-corrected chi connectivity index (χ1v) is 8.41. The summed E-state index contributed by atoms with van der Waals surface area (Å²) in [6, 6.07) is 5.55. The quantitative estimate of drug-likeness (QED) is 0.636. The third-order valence-electron chi connectivity index (χ3n) is 4.21. The zero-order chi connectivity index (χ0) is 18.7. The summed E-state index contributed by atoms with van der Waals surface area (Å²) in [7, 11) is 5.66. The SMILES string of the molecule is COc1ccc2c(C=O)c(-c3ncc(C)c(NCCN(C)C)n3)[nH]c2c1. The van der Waals surface area contributed by atoms with Crippen molar-refractivity contribution >= 4 is 23.0 Å². The average molecular weight is 353 g/mol. The average Bonchev–Trinajstić information content (AvgIpc) is 3.00. The van der Waals surface area contributed by atoms with Crippen LogP contribution >= 0.6 is 0 Å². The largest absolute Gasteiger partial charge is 0.497 e. The van der Waals surface area contributed by atoms with Crippen LogP contribution < -0.4 is 10.1 Å². The summed E-state index contributed by atoms with van der Waals surface area (Å²) in [6.45, 7) is 3.62. The molecule has 0 fully saturated rings. The number of nitrogens with one attached hydrogen (secondary N) is 2. The minimum absolute atomic E-state index is 0.486. The number of ether oxygens (including phenoxy) is 1. The predicted molar refractivity (Wildman–Crippen MR) is 103 cm³/mol. The van der Waals surface area contributed by atoms with Gasteiger partial charge in [0, 0.05) is 36.3 Å². The minimum atomic E-state index is 0.486. The van der Waals surface area contributed by atoms with Crippen molar-refractivity contribution in [1.82, 2.24) is 19.9 Å². The number of aromatic amines is 1. The van der Waals surface area contributed by atoms with Crippen LogP contribution in [0.5, 0.6) is 5.75 Å². The van der Waals surface area contributed by atoms with E-state index in [4.69, 9.17) is 4.74 Å². The second-order valence-corrected chi connectivity index (χ2v) is 6.40. The summed E-state index contributed by atoms with van der Waals surface area (Å²) < 4.78 is 5.26. The monoisotopic (exact) mass is 353 g/mol. The van der Waals surface area contributed by atoms with E-state index in [2.05, 4.69) is 25.2 Å². The van der Waals surface area contributed by atoms with Gasteiger partial charge in [-0.3, -0.25) is 4.79 Å². The Morgan fingerprint density at radius 3 is 2.85 bits per heavy atom. The van der Waals surface area contributed by atoms with Crippen LogP contribution in [0.25, 0.3) is 22.4 Å². The molecule has 2 aromatic heterocycles. The Bertz CT molecular complexity index is 933. The number of nitrogens with zero attached hydrogens (tertiary/aromatic N) is 3. The van der Waals surface area contributed by atoms with Gasteiger partial charge >= 0.3 is 0 Å². The number of carbonyl (C=O) groups excluding carboxylic acids is 1. The lowest BCUT2D eigenvalue weighted by molar-refractivity contribution is 0.112. The Hall–Kier alpha value is -2.93. The van der Waals surface area contributed by atoms with E-state index in [0.717, 1.165) is 47.4 Å². The highest BCUT2D eigenvalue weighted by Crippen LogP contribution is 2.30. The van der Waals surface area contributed by atoms with Gasteiger partial charge in [0.25, 0.3) is 0 Å². The molecule has 0 saturated carbocycles. The van der Waals surface area contributed by atoms with E-state index in [1.54, 1.807) is 13.3 Å². The number of hydrogen-bond donors (Lipinski definition) is 2. The van der Waals surface area contributed by atoms with Gasteiger partial charge in [-0.05, 0) is 33.2 Å². The van der Waals surface area contributed by atoms with Crippen molar-refractivity contribution in [2.45, 2.75) is 6.92 Å². The first kappa shape index (κ1) is 17.9. The van der Waals surface area contributed by atoms with Crippen molar-refractivity contribution in [3.8, 4) is 17.3 Å². The maximum absolute atomic E-state index is 11.7. The molecule has 2 N–H and O–H groups in total. The molecule has 7 heteroatoms. The first-order chi connectivity index (χ1) is 12.5. The number of carbonyl (C=O) groups is 1. The normalized spacial score (nSPS) is 11.1. The molecule has 2 heterocycles. The van der Waals surface area contributed by atoms with Crippen LogP contribution in [0, 0.1) is 6.92 Å². The van der Waals surface area contributed by atoms with E-state index in [9.17, 15) is 4.79 Å². The molecule has 0 unspecified atom stereocenters. The summed E-state index contributed by atoms with van der Waals surface area (Å²) >= 11 is 0. The number of aryl methyl sites for hydroxylation is 1. The van der Waals surface area contributed by atoms with Crippen LogP contribution in [0.3, 0.4) is 0 Å². The molecule has 0 atom stereocenters. The van der Waals surface area contributed by atoms with Crippen LogP contribution in [0.2, 0.25) is 0 Å². The third-order valence-corrected chi connectivity index (χ3v) is 4.21. The molecule has 0 aliphatic rings. The Kier molecular flexibility index (Phi) is 5.18. The van der Waals surface area contributed by atoms with Crippen molar-refractivity contribution in [2.24, 2.45) is 0 Å². The van der Waals surface area contributed by atoms with E-state index in [1.807, 2.05) is 39.2 Å². The highest BCUT2D eigenvalue weighted by atomic mass is 16.5. The van der Waals surface area contributed by atoms with E-state index in [0.29, 0.717) is 17.1 Å². The van der Waals surface area contributed by atoms with E-state index in [-0.39, 0.29) is 0 Å². The van der Waals surface area contributed by atoms with Crippen LogP contribution in [-0.2, 0) is 0 Å². The van der Waals surface area contributed by atoms with Gasteiger partial charge in [0.1, 0.15) is 11.6 Å². The summed E-state index contributed by atoms with van der Waals surface area (Å²) in [6.07, 6.45) is 2.60. The molecule has 0 radical (unpaired) electrons. The summed E-state index contributed by atoms with van der Waals surface area (Å²) in [4.78, 5) is 26.1. The van der Waals surface area contributed by atoms with E-state index < -0.39 is 0 Å². The number of anilines is 1. The van der Waals surface area contributed by atoms with Gasteiger partial charge in [-0.2, -0.15) is 0 Å². The maximum Gasteiger partial charge on any atom is 0.178 e. The lowest BCUT2D eigenvalue weighted by Crippen LogP contribution is -2.21. The Balaban J connectivity index is 2.01. The molecule has 136 valence electrons. The van der Waals surface area contributed by atoms with Gasteiger partial charge in [0.05, 0.1) is 23.9 Å². The molecule has 0 bridgehead atoms. The third kappa shape index (κ3) is 3.52. The Morgan fingerprint density at radius 2 is 2.15 bits per heavy atom. The fraction of sp³-hybridized carbons (Fsp3) is 0.316. The zero-order valence-corrected chi connectivity index (χ0v) is 15.5. The number of rotatable bonds is 7. The smallest absolute Gasteiger partial charge is 0.178 e. The number of aromatic nitrogens is 3. The van der Waals surface area contributed by atoms with Gasteiger partial charge in [-0.1, -0.05) is 0 Å². The molecule has 1 aromatic carbocycles. The number of fused-ring (bicyclic) bond motifs is 1. The molecule has 26 heavy (non-hydrogen) atoms. The van der Waals surface area contributed by atoms with Gasteiger partial charge in [-0.25, -0.2) is 9.97 Å². The molecule has 7 nitrogen and oxygen atoms in total. The molecule has 3 aromatic rings. The molecule has 0 amide bonds. The fourth-order valence-electron chi connectivity index (χ4n) is 2.76. The first-order valence-electron chi connectivity index (χ1n) is 8.41. The van der Waals surface area contributed by atoms with Gasteiger partial charge in [0.15, 0.2) is 12.1 Å². The fourth-order valence-corrected chi connectivity index (χ4v) is 2.76. The summed E-state index contributed by atoms with van der Waals surface area (Å²) in [5.41, 5.74) is 2.93. The number of H-pyrrole nitrogens is 1. The van der Waals surface area contributed by atoms with Gasteiger partial charge in [-0.15, -0.1) is 0 Å². The highest BCUT2D eigenvalue weighted by molar-refractivity contribution is 6.04. The minimum Gasteiger partial charge on any atom is -0.497 e. The molecule has 0 aliphatic heterocycles. The van der Waals surface area contributed by atoms with Crippen LogP contribution in [0.15, 0.2) is 24.4 Å². The second-order valence-electron chi connectivity index (χ2n) is 6.40. The van der Waals surface area contributed by atoms with Crippen LogP contribution in [0.1, 0.15) is 15.9 Å². The number of likely N-dealkylation sites (N-methyl/N-ethyl adjacent to an activating group) is 1. The predicted octanol–water partition coefficient (Wildman–Crippen LogP) is 2.73. The van der Waals surface area contributed by atoms with Crippen LogP contribution in [0.4, 0.5) is 5.82 Å². The molecule has 0 aliphatic carbocycles. The van der Waals surface area contributed by atoms with E-state index >= 15 is 0 Å². The second kappa shape index (κ2) is 7.53. The molecule has 3 rings (SSSR count). The number of methoxy groups -OCH3 is 1. The van der Waals surface area contributed by atoms with Crippen molar-refractivity contribution in [3.05, 3.63) is 35.5 Å². The number of hydrogen-bond acceptors (Lipinski definition) is 6. The van der Waals surface area contributed by atoms with Crippen molar-refractivity contribution in [3.63, 3.8) is 0 Å². The lowest BCUT2D eigenvalue weighted by atomic mass is 10.1. The Labute approximate surface area is 152 Å². The number of benzene rings is 1. The van der Waals surface area contributed by atoms with Crippen molar-refractivity contribution in [2.75, 3.05) is 39.6 Å². The Morgan fingerprint density at radius 1 is 1.35 bits per heavy atom. The van der Waals surface area contributed by atoms with Crippen molar-refractivity contribution in [1.29, 1.82) is 0 Å².